The van der Waals surface area contributed by atoms with Crippen molar-refractivity contribution in [3.63, 3.8) is 0 Å². The van der Waals surface area contributed by atoms with Gasteiger partial charge >= 0.3 is 0 Å². The van der Waals surface area contributed by atoms with Crippen LogP contribution in [-0.4, -0.2) is 23.7 Å². The number of nitrogens with two attached hydrogens (primary N) is 1. The number of anilines is 2. The summed E-state index contributed by atoms with van der Waals surface area (Å²) in [6.07, 6.45) is 4.04. The second kappa shape index (κ2) is 5.23. The molecule has 1 aliphatic heterocycles. The molecule has 1 aliphatic rings. The smallest absolute Gasteiger partial charge is 0.140 e. The predicted molar refractivity (Wildman–Crippen MR) is 73.1 cm³/mol. The van der Waals surface area contributed by atoms with Crippen molar-refractivity contribution >= 4 is 27.4 Å². The average Bonchev–Trinajstić information content (AvgIpc) is 2.30. The van der Waals surface area contributed by atoms with E-state index in [1.807, 2.05) is 6.92 Å². The SMILES string of the molecule is Cc1c(N)cnc(NC2CCOC(C)C2)c1Br. The van der Waals surface area contributed by atoms with E-state index in [9.17, 15) is 0 Å². The van der Waals surface area contributed by atoms with Gasteiger partial charge in [0.2, 0.25) is 0 Å². The number of pyridine rings is 1. The number of ether oxygens (including phenoxy) is 1. The highest BCUT2D eigenvalue weighted by atomic mass is 79.9. The van der Waals surface area contributed by atoms with Gasteiger partial charge < -0.3 is 15.8 Å². The summed E-state index contributed by atoms with van der Waals surface area (Å²) < 4.78 is 6.48. The van der Waals surface area contributed by atoms with Gasteiger partial charge in [0.15, 0.2) is 0 Å². The molecule has 3 N–H and O–H groups in total. The lowest BCUT2D eigenvalue weighted by atomic mass is 10.0. The number of aromatic nitrogens is 1. The van der Waals surface area contributed by atoms with Crippen molar-refractivity contribution in [3.8, 4) is 0 Å². The molecule has 0 saturated carbocycles. The Morgan fingerprint density at radius 2 is 2.35 bits per heavy atom. The number of halogens is 1. The van der Waals surface area contributed by atoms with Crippen LogP contribution >= 0.6 is 15.9 Å². The Kier molecular flexibility index (Phi) is 3.89. The Labute approximate surface area is 110 Å². The largest absolute Gasteiger partial charge is 0.397 e. The molecule has 2 atom stereocenters. The highest BCUT2D eigenvalue weighted by molar-refractivity contribution is 9.10. The van der Waals surface area contributed by atoms with Crippen LogP contribution in [-0.2, 0) is 4.74 Å². The highest BCUT2D eigenvalue weighted by Gasteiger charge is 2.20. The van der Waals surface area contributed by atoms with Crippen molar-refractivity contribution in [2.45, 2.75) is 38.8 Å². The quantitative estimate of drug-likeness (QED) is 0.881. The first kappa shape index (κ1) is 12.6. The molecule has 1 aromatic heterocycles. The van der Waals surface area contributed by atoms with Gasteiger partial charge in [0.05, 0.1) is 22.5 Å². The van der Waals surface area contributed by atoms with Crippen molar-refractivity contribution in [1.29, 1.82) is 0 Å². The van der Waals surface area contributed by atoms with Crippen LogP contribution in [0, 0.1) is 6.92 Å². The van der Waals surface area contributed by atoms with Crippen LogP contribution < -0.4 is 11.1 Å². The third kappa shape index (κ3) is 2.90. The number of hydrogen-bond donors (Lipinski definition) is 2. The fourth-order valence-electron chi connectivity index (χ4n) is 2.02. The first-order valence-corrected chi connectivity index (χ1v) is 6.66. The van der Waals surface area contributed by atoms with E-state index in [-0.39, 0.29) is 0 Å². The summed E-state index contributed by atoms with van der Waals surface area (Å²) in [6, 6.07) is 0.422. The van der Waals surface area contributed by atoms with Gasteiger partial charge in [0.1, 0.15) is 5.82 Å². The predicted octanol–water partition coefficient (Wildman–Crippen LogP) is 2.71. The minimum atomic E-state index is 0.315. The molecule has 17 heavy (non-hydrogen) atoms. The van der Waals surface area contributed by atoms with Gasteiger partial charge in [-0.2, -0.15) is 0 Å². The molecular weight excluding hydrogens is 282 g/mol. The van der Waals surface area contributed by atoms with E-state index < -0.39 is 0 Å². The maximum Gasteiger partial charge on any atom is 0.140 e. The lowest BCUT2D eigenvalue weighted by molar-refractivity contribution is 0.0231. The topological polar surface area (TPSA) is 60.2 Å². The number of hydrogen-bond acceptors (Lipinski definition) is 4. The Morgan fingerprint density at radius 1 is 1.59 bits per heavy atom. The van der Waals surface area contributed by atoms with Crippen molar-refractivity contribution in [1.82, 2.24) is 4.98 Å². The second-order valence-electron chi connectivity index (χ2n) is 4.55. The summed E-state index contributed by atoms with van der Waals surface area (Å²) in [7, 11) is 0. The summed E-state index contributed by atoms with van der Waals surface area (Å²) in [4.78, 5) is 4.33. The van der Waals surface area contributed by atoms with E-state index in [2.05, 4.69) is 33.2 Å². The fourth-order valence-corrected chi connectivity index (χ4v) is 2.46. The monoisotopic (exact) mass is 299 g/mol. The van der Waals surface area contributed by atoms with E-state index >= 15 is 0 Å². The van der Waals surface area contributed by atoms with Crippen LogP contribution in [0.25, 0.3) is 0 Å². The summed E-state index contributed by atoms with van der Waals surface area (Å²) >= 11 is 3.54. The van der Waals surface area contributed by atoms with Gasteiger partial charge in [-0.3, -0.25) is 0 Å². The van der Waals surface area contributed by atoms with Crippen LogP contribution in [0.1, 0.15) is 25.3 Å². The van der Waals surface area contributed by atoms with E-state index in [4.69, 9.17) is 10.5 Å². The zero-order chi connectivity index (χ0) is 12.4. The van der Waals surface area contributed by atoms with Crippen LogP contribution in [0.15, 0.2) is 10.7 Å². The molecule has 0 amide bonds. The summed E-state index contributed by atoms with van der Waals surface area (Å²) in [6.45, 7) is 4.90. The lowest BCUT2D eigenvalue weighted by Gasteiger charge is -2.28. The normalized spacial score (nSPS) is 24.6. The van der Waals surface area contributed by atoms with E-state index in [0.29, 0.717) is 17.8 Å². The molecule has 0 aromatic carbocycles. The van der Waals surface area contributed by atoms with Crippen molar-refractivity contribution < 1.29 is 4.74 Å². The number of nitrogen functional groups attached to an aromatic ring is 1. The molecule has 94 valence electrons. The molecule has 5 heteroatoms. The van der Waals surface area contributed by atoms with Gasteiger partial charge in [0, 0.05) is 12.6 Å². The van der Waals surface area contributed by atoms with Crippen molar-refractivity contribution in [2.75, 3.05) is 17.7 Å². The van der Waals surface area contributed by atoms with Gasteiger partial charge in [0.25, 0.3) is 0 Å². The highest BCUT2D eigenvalue weighted by Crippen LogP contribution is 2.29. The Bertz CT molecular complexity index is 411. The van der Waals surface area contributed by atoms with Crippen molar-refractivity contribution in [2.24, 2.45) is 0 Å². The maximum absolute atomic E-state index is 5.80. The van der Waals surface area contributed by atoms with Crippen molar-refractivity contribution in [3.05, 3.63) is 16.2 Å². The third-order valence-corrected chi connectivity index (χ3v) is 4.10. The molecule has 1 saturated heterocycles. The van der Waals surface area contributed by atoms with E-state index in [1.54, 1.807) is 6.20 Å². The number of rotatable bonds is 2. The number of nitrogens with one attached hydrogen (secondary N) is 1. The first-order valence-electron chi connectivity index (χ1n) is 5.86. The van der Waals surface area contributed by atoms with Crippen LogP contribution in [0.5, 0.6) is 0 Å². The zero-order valence-electron chi connectivity index (χ0n) is 10.2. The van der Waals surface area contributed by atoms with Crippen LogP contribution in [0.3, 0.4) is 0 Å². The molecule has 0 bridgehead atoms. The molecule has 2 heterocycles. The summed E-state index contributed by atoms with van der Waals surface area (Å²) in [5.41, 5.74) is 7.55. The molecule has 1 fully saturated rings. The molecule has 4 nitrogen and oxygen atoms in total. The van der Waals surface area contributed by atoms with E-state index in [0.717, 1.165) is 35.3 Å². The van der Waals surface area contributed by atoms with Crippen LogP contribution in [0.4, 0.5) is 11.5 Å². The Morgan fingerprint density at radius 3 is 3.06 bits per heavy atom. The summed E-state index contributed by atoms with van der Waals surface area (Å²) in [5.74, 6) is 0.871. The second-order valence-corrected chi connectivity index (χ2v) is 5.34. The van der Waals surface area contributed by atoms with Gasteiger partial charge in [-0.1, -0.05) is 0 Å². The first-order chi connectivity index (χ1) is 8.08. The van der Waals surface area contributed by atoms with E-state index in [1.165, 1.54) is 0 Å². The molecule has 1 aromatic rings. The molecule has 0 radical (unpaired) electrons. The maximum atomic E-state index is 5.80. The Balaban J connectivity index is 2.10. The fraction of sp³-hybridized carbons (Fsp3) is 0.583. The van der Waals surface area contributed by atoms with Gasteiger partial charge in [-0.15, -0.1) is 0 Å². The van der Waals surface area contributed by atoms with Gasteiger partial charge in [-0.25, -0.2) is 4.98 Å². The van der Waals surface area contributed by atoms with Gasteiger partial charge in [-0.05, 0) is 48.2 Å². The molecular formula is C12H18BrN3O. The Hall–Kier alpha value is -0.810. The zero-order valence-corrected chi connectivity index (χ0v) is 11.8. The molecule has 0 aliphatic carbocycles. The number of nitrogens with zero attached hydrogens (tertiary/aromatic N) is 1. The minimum absolute atomic E-state index is 0.315. The van der Waals surface area contributed by atoms with Crippen LogP contribution in [0.2, 0.25) is 0 Å². The lowest BCUT2D eigenvalue weighted by Crippen LogP contribution is -2.32. The average molecular weight is 300 g/mol. The molecule has 2 unspecified atom stereocenters. The summed E-state index contributed by atoms with van der Waals surface area (Å²) in [5, 5.41) is 3.45. The molecule has 2 rings (SSSR count). The minimum Gasteiger partial charge on any atom is -0.397 e. The standard InChI is InChI=1S/C12H18BrN3O/c1-7-5-9(3-4-17-7)16-12-11(13)8(2)10(14)6-15-12/h6-7,9H,3-5,14H2,1-2H3,(H,15,16). The third-order valence-electron chi connectivity index (χ3n) is 3.13. The molecule has 0 spiro atoms.